The molecule has 0 spiro atoms. The van der Waals surface area contributed by atoms with E-state index in [1.54, 1.807) is 13.8 Å². The Balaban J connectivity index is 2.90. The maximum atomic E-state index is 12.1. The van der Waals surface area contributed by atoms with Gasteiger partial charge in [0.25, 0.3) is 11.6 Å². The number of nitrogens with one attached hydrogen (secondary N) is 1. The van der Waals surface area contributed by atoms with Crippen LogP contribution >= 0.6 is 11.6 Å². The number of hydrogen-bond donors (Lipinski definition) is 2. The Bertz CT molecular complexity index is 599. The predicted octanol–water partition coefficient (Wildman–Crippen LogP) is 2.87. The fourth-order valence-electron chi connectivity index (χ4n) is 2.02. The maximum Gasteiger partial charge on any atom is 0.311 e. The highest BCUT2D eigenvalue weighted by Crippen LogP contribution is 2.27. The number of nitro benzene ring substituents is 1. The van der Waals surface area contributed by atoms with Crippen LogP contribution in [0.5, 0.6) is 0 Å². The van der Waals surface area contributed by atoms with Gasteiger partial charge in [-0.05, 0) is 18.9 Å². The lowest BCUT2D eigenvalue weighted by Gasteiger charge is -2.26. The molecule has 120 valence electrons. The van der Waals surface area contributed by atoms with Gasteiger partial charge in [-0.1, -0.05) is 25.4 Å². The molecule has 8 heteroatoms. The minimum atomic E-state index is -1.04. The number of carboxylic acid groups (broad SMARTS) is 1. The van der Waals surface area contributed by atoms with Crippen molar-refractivity contribution in [3.05, 3.63) is 38.9 Å². The first-order chi connectivity index (χ1) is 10.3. The summed E-state index contributed by atoms with van der Waals surface area (Å²) < 4.78 is 0. The van der Waals surface area contributed by atoms with Crippen molar-refractivity contribution in [1.82, 2.24) is 5.32 Å². The Hall–Kier alpha value is -2.15. The zero-order valence-corrected chi connectivity index (χ0v) is 13.0. The molecule has 0 aliphatic heterocycles. The van der Waals surface area contributed by atoms with Crippen LogP contribution in [0.1, 0.15) is 37.0 Å². The number of carboxylic acids is 1. The number of amides is 1. The summed E-state index contributed by atoms with van der Waals surface area (Å²) in [5.41, 5.74) is -1.19. The van der Waals surface area contributed by atoms with Crippen LogP contribution in [0.4, 0.5) is 5.69 Å². The third-order valence-electron chi connectivity index (χ3n) is 3.80. The Morgan fingerprint density at radius 2 is 1.95 bits per heavy atom. The van der Waals surface area contributed by atoms with Crippen LogP contribution in [-0.2, 0) is 4.79 Å². The summed E-state index contributed by atoms with van der Waals surface area (Å²) in [5, 5.41) is 22.4. The van der Waals surface area contributed by atoms with Crippen molar-refractivity contribution >= 4 is 29.2 Å². The quantitative estimate of drug-likeness (QED) is 0.590. The minimum absolute atomic E-state index is 0.0402. The maximum absolute atomic E-state index is 12.1. The Morgan fingerprint density at radius 1 is 1.36 bits per heavy atom. The van der Waals surface area contributed by atoms with Gasteiger partial charge in [-0.3, -0.25) is 19.7 Å². The molecule has 22 heavy (non-hydrogen) atoms. The van der Waals surface area contributed by atoms with E-state index < -0.39 is 22.2 Å². The summed E-state index contributed by atoms with van der Waals surface area (Å²) in [6.07, 6.45) is 0.736. The lowest BCUT2D eigenvalue weighted by molar-refractivity contribution is -0.384. The molecule has 1 amide bonds. The number of nitrogens with zero attached hydrogens (tertiary/aromatic N) is 1. The largest absolute Gasteiger partial charge is 0.481 e. The second-order valence-electron chi connectivity index (χ2n) is 4.90. The van der Waals surface area contributed by atoms with Crippen molar-refractivity contribution in [2.45, 2.75) is 26.7 Å². The highest BCUT2D eigenvalue weighted by Gasteiger charge is 2.35. The van der Waals surface area contributed by atoms with E-state index in [0.717, 1.165) is 6.07 Å². The number of aliphatic carboxylic acids is 1. The van der Waals surface area contributed by atoms with E-state index in [2.05, 4.69) is 5.32 Å². The van der Waals surface area contributed by atoms with Gasteiger partial charge in [-0.15, -0.1) is 0 Å². The van der Waals surface area contributed by atoms with Crippen LogP contribution in [0.3, 0.4) is 0 Å². The Kier molecular flexibility index (Phi) is 5.87. The van der Waals surface area contributed by atoms with Crippen LogP contribution in [0.15, 0.2) is 18.2 Å². The average Bonchev–Trinajstić information content (AvgIpc) is 2.48. The number of hydrogen-bond acceptors (Lipinski definition) is 4. The molecule has 1 rings (SSSR count). The second-order valence-corrected chi connectivity index (χ2v) is 5.30. The summed E-state index contributed by atoms with van der Waals surface area (Å²) in [4.78, 5) is 33.5. The molecule has 0 unspecified atom stereocenters. The van der Waals surface area contributed by atoms with Crippen LogP contribution in [0.2, 0.25) is 5.02 Å². The highest BCUT2D eigenvalue weighted by molar-refractivity contribution is 6.34. The van der Waals surface area contributed by atoms with Crippen molar-refractivity contribution in [3.8, 4) is 0 Å². The molecule has 0 fully saturated rings. The van der Waals surface area contributed by atoms with Gasteiger partial charge < -0.3 is 10.4 Å². The monoisotopic (exact) mass is 328 g/mol. The number of rotatable bonds is 7. The smallest absolute Gasteiger partial charge is 0.311 e. The number of benzene rings is 1. The predicted molar refractivity (Wildman–Crippen MR) is 81.1 cm³/mol. The van der Waals surface area contributed by atoms with Crippen LogP contribution in [-0.4, -0.2) is 28.5 Å². The van der Waals surface area contributed by atoms with E-state index in [1.807, 2.05) is 0 Å². The molecule has 0 bridgehead atoms. The molecule has 0 radical (unpaired) electrons. The van der Waals surface area contributed by atoms with Crippen molar-refractivity contribution in [1.29, 1.82) is 0 Å². The second kappa shape index (κ2) is 7.22. The molecule has 0 aliphatic rings. The lowest BCUT2D eigenvalue weighted by atomic mass is 9.82. The van der Waals surface area contributed by atoms with Crippen molar-refractivity contribution < 1.29 is 19.6 Å². The fourth-order valence-corrected chi connectivity index (χ4v) is 2.29. The zero-order valence-electron chi connectivity index (χ0n) is 12.3. The van der Waals surface area contributed by atoms with Gasteiger partial charge in [0.05, 0.1) is 20.9 Å². The standard InChI is InChI=1S/C14H17ClN2O5/c1-3-14(4-2,13(19)20)8-16-12(18)10-6-5-9(17(21)22)7-11(10)15/h5-7H,3-4,8H2,1-2H3,(H,16,18)(H,19,20). The summed E-state index contributed by atoms with van der Waals surface area (Å²) in [6, 6.07) is 3.50. The Labute approximate surface area is 132 Å². The van der Waals surface area contributed by atoms with Crippen molar-refractivity contribution in [3.63, 3.8) is 0 Å². The van der Waals surface area contributed by atoms with Crippen LogP contribution < -0.4 is 5.32 Å². The summed E-state index contributed by atoms with van der Waals surface area (Å²) in [7, 11) is 0. The van der Waals surface area contributed by atoms with E-state index in [-0.39, 0.29) is 22.8 Å². The molecular weight excluding hydrogens is 312 g/mol. The van der Waals surface area contributed by atoms with E-state index in [0.29, 0.717) is 12.8 Å². The number of non-ortho nitro benzene ring substituents is 1. The molecule has 0 atom stereocenters. The van der Waals surface area contributed by atoms with Gasteiger partial charge in [0, 0.05) is 18.7 Å². The first kappa shape index (κ1) is 17.9. The van der Waals surface area contributed by atoms with E-state index in [9.17, 15) is 24.8 Å². The number of carbonyl (C=O) groups is 2. The van der Waals surface area contributed by atoms with Gasteiger partial charge in [0.2, 0.25) is 0 Å². The summed E-state index contributed by atoms with van der Waals surface area (Å²) in [6.45, 7) is 3.44. The first-order valence-corrected chi connectivity index (χ1v) is 7.10. The normalized spacial score (nSPS) is 11.0. The van der Waals surface area contributed by atoms with Crippen molar-refractivity contribution in [2.24, 2.45) is 5.41 Å². The zero-order chi connectivity index (χ0) is 16.9. The molecule has 1 aromatic rings. The van der Waals surface area contributed by atoms with Gasteiger partial charge in [0.1, 0.15) is 0 Å². The van der Waals surface area contributed by atoms with Gasteiger partial charge in [-0.25, -0.2) is 0 Å². The van der Waals surface area contributed by atoms with E-state index in [4.69, 9.17) is 11.6 Å². The Morgan fingerprint density at radius 3 is 2.36 bits per heavy atom. The summed E-state index contributed by atoms with van der Waals surface area (Å²) in [5.74, 6) is -1.54. The molecule has 2 N–H and O–H groups in total. The number of halogens is 1. The van der Waals surface area contributed by atoms with E-state index >= 15 is 0 Å². The minimum Gasteiger partial charge on any atom is -0.481 e. The fraction of sp³-hybridized carbons (Fsp3) is 0.429. The molecular formula is C14H17ClN2O5. The molecule has 0 saturated carbocycles. The van der Waals surface area contributed by atoms with Gasteiger partial charge in [-0.2, -0.15) is 0 Å². The highest BCUT2D eigenvalue weighted by atomic mass is 35.5. The van der Waals surface area contributed by atoms with E-state index in [1.165, 1.54) is 12.1 Å². The molecule has 0 saturated heterocycles. The number of nitro groups is 1. The SMILES string of the molecule is CCC(CC)(CNC(=O)c1ccc([N+](=O)[O-])cc1Cl)C(=O)O. The molecule has 0 heterocycles. The lowest BCUT2D eigenvalue weighted by Crippen LogP contribution is -2.42. The van der Waals surface area contributed by atoms with Gasteiger partial charge >= 0.3 is 5.97 Å². The summed E-state index contributed by atoms with van der Waals surface area (Å²) >= 11 is 5.87. The number of carbonyl (C=O) groups excluding carboxylic acids is 1. The topological polar surface area (TPSA) is 110 Å². The molecule has 0 aromatic heterocycles. The molecule has 7 nitrogen and oxygen atoms in total. The third kappa shape index (κ3) is 3.73. The molecule has 1 aromatic carbocycles. The first-order valence-electron chi connectivity index (χ1n) is 6.73. The van der Waals surface area contributed by atoms with Crippen LogP contribution in [0, 0.1) is 15.5 Å². The third-order valence-corrected chi connectivity index (χ3v) is 4.12. The average molecular weight is 329 g/mol. The van der Waals surface area contributed by atoms with Crippen LogP contribution in [0.25, 0.3) is 0 Å². The molecule has 0 aliphatic carbocycles. The van der Waals surface area contributed by atoms with Crippen molar-refractivity contribution in [2.75, 3.05) is 6.54 Å². The van der Waals surface area contributed by atoms with Gasteiger partial charge in [0.15, 0.2) is 0 Å².